The first-order valence-electron chi connectivity index (χ1n) is 17.7. The van der Waals surface area contributed by atoms with Gasteiger partial charge in [-0.25, -0.2) is 17.9 Å². The van der Waals surface area contributed by atoms with Gasteiger partial charge in [0.2, 0.25) is 11.8 Å². The Labute approximate surface area is 297 Å². The molecule has 2 aromatic carbocycles. The lowest BCUT2D eigenvalue weighted by Crippen LogP contribution is -2.33. The van der Waals surface area contributed by atoms with Gasteiger partial charge in [0, 0.05) is 37.3 Å². The number of amides is 2. The van der Waals surface area contributed by atoms with Crippen molar-refractivity contribution in [3.8, 4) is 0 Å². The summed E-state index contributed by atoms with van der Waals surface area (Å²) in [4.78, 5) is 23.9. The van der Waals surface area contributed by atoms with Crippen LogP contribution in [0.25, 0.3) is 0 Å². The lowest BCUT2D eigenvalue weighted by atomic mass is 10.1. The zero-order valence-electron chi connectivity index (χ0n) is 31.0. The van der Waals surface area contributed by atoms with Gasteiger partial charge >= 0.3 is 0 Å². The summed E-state index contributed by atoms with van der Waals surface area (Å²) in [5, 5.41) is 5.86. The topological polar surface area (TPSA) is 116 Å². The Morgan fingerprint density at radius 1 is 0.542 bits per heavy atom. The van der Waals surface area contributed by atoms with Crippen molar-refractivity contribution in [2.45, 2.75) is 142 Å². The standard InChI is InChI=1S/2C19H32N2O2S/c2*1-5-6-9-16-11-13-17(14-12-16)21-18(22)10-7-8-15-20-24(23)19(2,3)4/h2*11-14,20H,5-10,15H2,1-4H3,(H,21,22). The minimum absolute atomic E-state index is 0.0354. The van der Waals surface area contributed by atoms with Crippen molar-refractivity contribution in [2.24, 2.45) is 0 Å². The molecule has 8 nitrogen and oxygen atoms in total. The van der Waals surface area contributed by atoms with Gasteiger partial charge in [0.15, 0.2) is 0 Å². The molecule has 0 saturated heterocycles. The monoisotopic (exact) mass is 704 g/mol. The van der Waals surface area contributed by atoms with Gasteiger partial charge in [-0.2, -0.15) is 0 Å². The molecular weight excluding hydrogens is 641 g/mol. The van der Waals surface area contributed by atoms with E-state index in [2.05, 4.69) is 58.2 Å². The summed E-state index contributed by atoms with van der Waals surface area (Å²) < 4.78 is 29.2. The van der Waals surface area contributed by atoms with Gasteiger partial charge in [0.25, 0.3) is 0 Å². The van der Waals surface area contributed by atoms with Crippen molar-refractivity contribution in [3.63, 3.8) is 0 Å². The molecule has 0 saturated carbocycles. The molecule has 0 aromatic heterocycles. The number of unbranched alkanes of at least 4 members (excludes halogenated alkanes) is 4. The highest BCUT2D eigenvalue weighted by molar-refractivity contribution is 7.84. The van der Waals surface area contributed by atoms with Gasteiger partial charge in [0.1, 0.15) is 0 Å². The van der Waals surface area contributed by atoms with E-state index in [0.717, 1.165) is 49.9 Å². The highest BCUT2D eigenvalue weighted by atomic mass is 32.2. The number of hydrogen-bond donors (Lipinski definition) is 4. The van der Waals surface area contributed by atoms with Crippen molar-refractivity contribution in [1.82, 2.24) is 9.44 Å². The van der Waals surface area contributed by atoms with Gasteiger partial charge in [-0.15, -0.1) is 0 Å². The smallest absolute Gasteiger partial charge is 0.224 e. The van der Waals surface area contributed by atoms with Crippen LogP contribution in [-0.2, 0) is 44.4 Å². The molecule has 0 bridgehead atoms. The van der Waals surface area contributed by atoms with Crippen LogP contribution in [0.1, 0.15) is 131 Å². The van der Waals surface area contributed by atoms with E-state index in [1.54, 1.807) is 0 Å². The summed E-state index contributed by atoms with van der Waals surface area (Å²) in [5.74, 6) is 0.0708. The third kappa shape index (κ3) is 20.9. The maximum atomic E-state index is 11.9. The van der Waals surface area contributed by atoms with Crippen LogP contribution in [0.15, 0.2) is 48.5 Å². The Bertz CT molecular complexity index is 1140. The predicted octanol–water partition coefficient (Wildman–Crippen LogP) is 8.38. The lowest BCUT2D eigenvalue weighted by Gasteiger charge is -2.17. The van der Waals surface area contributed by atoms with Gasteiger partial charge in [-0.05, 0) is 128 Å². The highest BCUT2D eigenvalue weighted by Crippen LogP contribution is 2.14. The summed E-state index contributed by atoms with van der Waals surface area (Å²) in [6.07, 6.45) is 11.2. The van der Waals surface area contributed by atoms with E-state index in [1.165, 1.54) is 36.8 Å². The number of anilines is 2. The predicted molar refractivity (Wildman–Crippen MR) is 207 cm³/mol. The summed E-state index contributed by atoms with van der Waals surface area (Å²) in [6.45, 7) is 17.4. The number of nitrogens with one attached hydrogen (secondary N) is 4. The first-order chi connectivity index (χ1) is 22.6. The Hall–Kier alpha value is -2.40. The fraction of sp³-hybridized carbons (Fsp3) is 0.632. The SMILES string of the molecule is CCCCc1ccc(NC(=O)CCCCNS(=O)C(C)(C)C)cc1.CCCCc1ccc(NC(=O)CCCCNS(=O)C(C)(C)C)cc1. The van der Waals surface area contributed by atoms with Crippen molar-refractivity contribution < 1.29 is 18.0 Å². The molecule has 2 atom stereocenters. The molecule has 48 heavy (non-hydrogen) atoms. The van der Waals surface area contributed by atoms with Gasteiger partial charge in [-0.3, -0.25) is 9.59 Å². The van der Waals surface area contributed by atoms with E-state index in [0.29, 0.717) is 25.9 Å². The summed E-state index contributed by atoms with van der Waals surface area (Å²) in [6, 6.07) is 16.2. The molecule has 0 heterocycles. The first kappa shape index (κ1) is 43.6. The van der Waals surface area contributed by atoms with E-state index < -0.39 is 22.0 Å². The van der Waals surface area contributed by atoms with E-state index in [4.69, 9.17) is 0 Å². The molecule has 2 aromatic rings. The van der Waals surface area contributed by atoms with Crippen molar-refractivity contribution in [1.29, 1.82) is 0 Å². The molecule has 4 N–H and O–H groups in total. The molecule has 2 amide bonds. The van der Waals surface area contributed by atoms with Crippen LogP contribution >= 0.6 is 0 Å². The zero-order valence-corrected chi connectivity index (χ0v) is 32.6. The van der Waals surface area contributed by atoms with Crippen molar-refractivity contribution in [2.75, 3.05) is 23.7 Å². The second kappa shape index (κ2) is 23.9. The van der Waals surface area contributed by atoms with Gasteiger partial charge in [-0.1, -0.05) is 51.0 Å². The minimum Gasteiger partial charge on any atom is -0.326 e. The van der Waals surface area contributed by atoms with Crippen molar-refractivity contribution >= 4 is 45.2 Å². The van der Waals surface area contributed by atoms with Crippen molar-refractivity contribution in [3.05, 3.63) is 59.7 Å². The van der Waals surface area contributed by atoms with E-state index in [-0.39, 0.29) is 21.3 Å². The molecule has 0 spiro atoms. The third-order valence-electron chi connectivity index (χ3n) is 7.35. The average molecular weight is 705 g/mol. The van der Waals surface area contributed by atoms with Crippen LogP contribution in [-0.4, -0.2) is 42.8 Å². The number of hydrogen-bond acceptors (Lipinski definition) is 4. The third-order valence-corrected chi connectivity index (χ3v) is 10.5. The Morgan fingerprint density at radius 2 is 0.875 bits per heavy atom. The molecular formula is C38H64N4O4S2. The van der Waals surface area contributed by atoms with E-state index in [1.807, 2.05) is 65.8 Å². The summed E-state index contributed by atoms with van der Waals surface area (Å²) >= 11 is 0. The number of aryl methyl sites for hydroxylation is 2. The fourth-order valence-corrected chi connectivity index (χ4v) is 5.83. The Kier molecular flexibility index (Phi) is 21.7. The molecule has 0 radical (unpaired) electrons. The van der Waals surface area contributed by atoms with Crippen LogP contribution in [0.5, 0.6) is 0 Å². The van der Waals surface area contributed by atoms with Gasteiger partial charge in [0.05, 0.1) is 31.5 Å². The van der Waals surface area contributed by atoms with Crippen LogP contribution in [0.2, 0.25) is 0 Å². The van der Waals surface area contributed by atoms with Crippen LogP contribution in [0.3, 0.4) is 0 Å². The molecule has 2 unspecified atom stereocenters. The van der Waals surface area contributed by atoms with E-state index >= 15 is 0 Å². The molecule has 0 aliphatic carbocycles. The molecule has 0 aliphatic heterocycles. The highest BCUT2D eigenvalue weighted by Gasteiger charge is 2.19. The number of carbonyl (C=O) groups is 2. The number of rotatable bonds is 20. The minimum atomic E-state index is -1.04. The summed E-state index contributed by atoms with van der Waals surface area (Å²) in [7, 11) is -2.08. The number of benzene rings is 2. The molecule has 0 fully saturated rings. The lowest BCUT2D eigenvalue weighted by molar-refractivity contribution is -0.117. The maximum Gasteiger partial charge on any atom is 0.224 e. The summed E-state index contributed by atoms with van der Waals surface area (Å²) in [5.41, 5.74) is 4.33. The Balaban J connectivity index is 0.000000480. The normalized spacial score (nSPS) is 12.8. The average Bonchev–Trinajstić information content (AvgIpc) is 3.03. The zero-order chi connectivity index (χ0) is 36.0. The maximum absolute atomic E-state index is 11.9. The second-order valence-electron chi connectivity index (χ2n) is 14.2. The van der Waals surface area contributed by atoms with Crippen LogP contribution in [0, 0.1) is 0 Å². The molecule has 10 heteroatoms. The van der Waals surface area contributed by atoms with E-state index in [9.17, 15) is 18.0 Å². The molecule has 0 aliphatic rings. The second-order valence-corrected chi connectivity index (χ2v) is 18.3. The molecule has 2 rings (SSSR count). The quantitative estimate of drug-likeness (QED) is 0.104. The molecule has 272 valence electrons. The van der Waals surface area contributed by atoms with Crippen LogP contribution in [0.4, 0.5) is 11.4 Å². The fourth-order valence-electron chi connectivity index (χ4n) is 4.30. The first-order valence-corrected chi connectivity index (χ1v) is 20.0. The largest absolute Gasteiger partial charge is 0.326 e. The number of carbonyl (C=O) groups excluding carboxylic acids is 2. The van der Waals surface area contributed by atoms with Crippen LogP contribution < -0.4 is 20.1 Å². The van der Waals surface area contributed by atoms with Gasteiger partial charge < -0.3 is 10.6 Å². The Morgan fingerprint density at radius 3 is 1.17 bits per heavy atom.